The second kappa shape index (κ2) is 8.61. The molecule has 0 saturated heterocycles. The minimum absolute atomic E-state index is 0.196. The van der Waals surface area contributed by atoms with Crippen LogP contribution in [0.4, 0.5) is 0 Å². The van der Waals surface area contributed by atoms with Crippen molar-refractivity contribution in [3.63, 3.8) is 0 Å². The van der Waals surface area contributed by atoms with E-state index in [-0.39, 0.29) is 5.97 Å². The molecule has 1 aromatic heterocycles. The summed E-state index contributed by atoms with van der Waals surface area (Å²) in [4.78, 5) is 19.5. The van der Waals surface area contributed by atoms with Crippen molar-refractivity contribution >= 4 is 5.97 Å². The van der Waals surface area contributed by atoms with E-state index in [1.54, 1.807) is 6.92 Å². The highest BCUT2D eigenvalue weighted by Gasteiger charge is 2.05. The minimum atomic E-state index is -0.196. The smallest absolute Gasteiger partial charge is 0.311 e. The van der Waals surface area contributed by atoms with E-state index >= 15 is 0 Å². The number of unbranched alkanes of at least 4 members (excludes halogenated alkanes) is 5. The van der Waals surface area contributed by atoms with Crippen LogP contribution in [0.2, 0.25) is 0 Å². The molecule has 0 aliphatic carbocycles. The quantitative estimate of drug-likeness (QED) is 0.524. The molecule has 0 unspecified atom stereocenters. The maximum Gasteiger partial charge on any atom is 0.311 e. The average Bonchev–Trinajstić information content (AvgIpc) is 2.36. The monoisotopic (exact) mass is 250 g/mol. The SMILES string of the molecule is CCCCCCCCC(=O)Oc1cnc(C)nc1. The van der Waals surface area contributed by atoms with E-state index in [9.17, 15) is 4.79 Å². The van der Waals surface area contributed by atoms with Gasteiger partial charge in [-0.1, -0.05) is 39.0 Å². The molecule has 0 N–H and O–H groups in total. The molecular weight excluding hydrogens is 228 g/mol. The Bertz CT molecular complexity index is 349. The average molecular weight is 250 g/mol. The molecule has 0 aromatic carbocycles. The van der Waals surface area contributed by atoms with Gasteiger partial charge in [0.1, 0.15) is 5.82 Å². The lowest BCUT2D eigenvalue weighted by molar-refractivity contribution is -0.134. The van der Waals surface area contributed by atoms with Crippen LogP contribution in [-0.4, -0.2) is 15.9 Å². The lowest BCUT2D eigenvalue weighted by Crippen LogP contribution is -2.08. The molecule has 18 heavy (non-hydrogen) atoms. The lowest BCUT2D eigenvalue weighted by Gasteiger charge is -2.03. The molecule has 1 rings (SSSR count). The maximum atomic E-state index is 11.5. The van der Waals surface area contributed by atoms with E-state index in [0.29, 0.717) is 18.0 Å². The van der Waals surface area contributed by atoms with E-state index in [4.69, 9.17) is 4.74 Å². The molecule has 0 saturated carbocycles. The van der Waals surface area contributed by atoms with Crippen molar-refractivity contribution in [3.8, 4) is 5.75 Å². The fourth-order valence-electron chi connectivity index (χ4n) is 1.67. The summed E-state index contributed by atoms with van der Waals surface area (Å²) in [6, 6.07) is 0. The van der Waals surface area contributed by atoms with Crippen LogP contribution >= 0.6 is 0 Å². The molecule has 4 heteroatoms. The Morgan fingerprint density at radius 3 is 2.39 bits per heavy atom. The number of ether oxygens (including phenoxy) is 1. The highest BCUT2D eigenvalue weighted by molar-refractivity contribution is 5.72. The highest BCUT2D eigenvalue weighted by Crippen LogP contribution is 2.10. The van der Waals surface area contributed by atoms with Crippen LogP contribution in [0.3, 0.4) is 0 Å². The summed E-state index contributed by atoms with van der Waals surface area (Å²) in [6.45, 7) is 3.99. The predicted molar refractivity (Wildman–Crippen MR) is 70.4 cm³/mol. The Labute approximate surface area is 109 Å². The van der Waals surface area contributed by atoms with E-state index < -0.39 is 0 Å². The zero-order valence-corrected chi connectivity index (χ0v) is 11.3. The van der Waals surface area contributed by atoms with Crippen LogP contribution in [0, 0.1) is 6.92 Å². The molecule has 0 fully saturated rings. The van der Waals surface area contributed by atoms with Gasteiger partial charge in [0.15, 0.2) is 5.75 Å². The summed E-state index contributed by atoms with van der Waals surface area (Å²) < 4.78 is 5.13. The molecule has 1 aromatic rings. The third-order valence-electron chi connectivity index (χ3n) is 2.72. The molecule has 0 aliphatic heterocycles. The third-order valence-corrected chi connectivity index (χ3v) is 2.72. The zero-order valence-electron chi connectivity index (χ0n) is 11.3. The van der Waals surface area contributed by atoms with Gasteiger partial charge in [-0.05, 0) is 13.3 Å². The van der Waals surface area contributed by atoms with Gasteiger partial charge in [-0.15, -0.1) is 0 Å². The highest BCUT2D eigenvalue weighted by atomic mass is 16.5. The van der Waals surface area contributed by atoms with Crippen molar-refractivity contribution in [2.45, 2.75) is 58.8 Å². The van der Waals surface area contributed by atoms with Gasteiger partial charge in [0, 0.05) is 6.42 Å². The van der Waals surface area contributed by atoms with Gasteiger partial charge in [0.2, 0.25) is 0 Å². The number of carbonyl (C=O) groups is 1. The largest absolute Gasteiger partial charge is 0.423 e. The van der Waals surface area contributed by atoms with Crippen molar-refractivity contribution in [2.75, 3.05) is 0 Å². The number of esters is 1. The van der Waals surface area contributed by atoms with Crippen LogP contribution in [0.15, 0.2) is 12.4 Å². The Hall–Kier alpha value is -1.45. The van der Waals surface area contributed by atoms with Gasteiger partial charge < -0.3 is 4.74 Å². The Kier molecular flexibility index (Phi) is 6.99. The molecule has 0 atom stereocenters. The molecule has 0 radical (unpaired) electrons. The number of carbonyl (C=O) groups excluding carboxylic acids is 1. The first-order chi connectivity index (χ1) is 8.72. The van der Waals surface area contributed by atoms with Crippen molar-refractivity contribution in [3.05, 3.63) is 18.2 Å². The van der Waals surface area contributed by atoms with Gasteiger partial charge in [0.05, 0.1) is 12.4 Å². The van der Waals surface area contributed by atoms with E-state index in [1.165, 1.54) is 38.1 Å². The van der Waals surface area contributed by atoms with Crippen LogP contribution < -0.4 is 4.74 Å². The number of hydrogen-bond donors (Lipinski definition) is 0. The van der Waals surface area contributed by atoms with Crippen LogP contribution in [0.25, 0.3) is 0 Å². The lowest BCUT2D eigenvalue weighted by atomic mass is 10.1. The Balaban J connectivity index is 2.12. The molecule has 100 valence electrons. The van der Waals surface area contributed by atoms with Gasteiger partial charge >= 0.3 is 5.97 Å². The first-order valence-electron chi connectivity index (χ1n) is 6.71. The molecule has 0 bridgehead atoms. The zero-order chi connectivity index (χ0) is 13.2. The van der Waals surface area contributed by atoms with Crippen LogP contribution in [0.1, 0.15) is 57.7 Å². The molecule has 0 amide bonds. The summed E-state index contributed by atoms with van der Waals surface area (Å²) in [7, 11) is 0. The number of aryl methyl sites for hydroxylation is 1. The van der Waals surface area contributed by atoms with Crippen molar-refractivity contribution < 1.29 is 9.53 Å². The summed E-state index contributed by atoms with van der Waals surface area (Å²) in [5.74, 6) is 0.903. The number of hydrogen-bond acceptors (Lipinski definition) is 4. The van der Waals surface area contributed by atoms with Crippen molar-refractivity contribution in [2.24, 2.45) is 0 Å². The fourth-order valence-corrected chi connectivity index (χ4v) is 1.67. The minimum Gasteiger partial charge on any atom is -0.423 e. The van der Waals surface area contributed by atoms with Gasteiger partial charge in [0.25, 0.3) is 0 Å². The van der Waals surface area contributed by atoms with Crippen LogP contribution in [0.5, 0.6) is 5.75 Å². The summed E-state index contributed by atoms with van der Waals surface area (Å²) in [5, 5.41) is 0. The second-order valence-electron chi connectivity index (χ2n) is 4.46. The third kappa shape index (κ3) is 6.33. The first kappa shape index (κ1) is 14.6. The predicted octanol–water partition coefficient (Wildman–Crippen LogP) is 3.44. The van der Waals surface area contributed by atoms with Gasteiger partial charge in [-0.2, -0.15) is 0 Å². The Morgan fingerprint density at radius 1 is 1.11 bits per heavy atom. The fraction of sp³-hybridized carbons (Fsp3) is 0.643. The standard InChI is InChI=1S/C14H22N2O2/c1-3-4-5-6-7-8-9-14(17)18-13-10-15-12(2)16-11-13/h10-11H,3-9H2,1-2H3. The molecule has 0 spiro atoms. The van der Waals surface area contributed by atoms with Crippen molar-refractivity contribution in [1.29, 1.82) is 0 Å². The summed E-state index contributed by atoms with van der Waals surface area (Å²) in [5.41, 5.74) is 0. The van der Waals surface area contributed by atoms with E-state index in [2.05, 4.69) is 16.9 Å². The number of aromatic nitrogens is 2. The van der Waals surface area contributed by atoms with Crippen LogP contribution in [-0.2, 0) is 4.79 Å². The maximum absolute atomic E-state index is 11.5. The molecule has 1 heterocycles. The topological polar surface area (TPSA) is 52.1 Å². The summed E-state index contributed by atoms with van der Waals surface area (Å²) >= 11 is 0. The molecule has 0 aliphatic rings. The van der Waals surface area contributed by atoms with Gasteiger partial charge in [-0.25, -0.2) is 9.97 Å². The molecule has 4 nitrogen and oxygen atoms in total. The molecular formula is C14H22N2O2. The van der Waals surface area contributed by atoms with E-state index in [0.717, 1.165) is 12.8 Å². The number of nitrogens with zero attached hydrogens (tertiary/aromatic N) is 2. The number of rotatable bonds is 8. The normalized spacial score (nSPS) is 10.3. The van der Waals surface area contributed by atoms with E-state index in [1.807, 2.05) is 0 Å². The van der Waals surface area contributed by atoms with Gasteiger partial charge in [-0.3, -0.25) is 4.79 Å². The second-order valence-corrected chi connectivity index (χ2v) is 4.46. The Morgan fingerprint density at radius 2 is 1.72 bits per heavy atom. The first-order valence-corrected chi connectivity index (χ1v) is 6.71. The van der Waals surface area contributed by atoms with Crippen molar-refractivity contribution in [1.82, 2.24) is 9.97 Å². The summed E-state index contributed by atoms with van der Waals surface area (Å²) in [6.07, 6.45) is 10.5.